The number of hydrogen-bond donors (Lipinski definition) is 2. The molecule has 0 radical (unpaired) electrons. The predicted octanol–water partition coefficient (Wildman–Crippen LogP) is 3.55. The van der Waals surface area contributed by atoms with E-state index in [0.717, 1.165) is 32.8 Å². The van der Waals surface area contributed by atoms with Crippen LogP contribution in [0.3, 0.4) is 0 Å². The Labute approximate surface area is 155 Å². The van der Waals surface area contributed by atoms with Gasteiger partial charge in [0.1, 0.15) is 11.6 Å². The van der Waals surface area contributed by atoms with E-state index < -0.39 is 6.09 Å². The van der Waals surface area contributed by atoms with Gasteiger partial charge in [0.2, 0.25) is 0 Å². The average Bonchev–Trinajstić information content (AvgIpc) is 3.11. The third-order valence-electron chi connectivity index (χ3n) is 3.52. The average molecular weight is 369 g/mol. The summed E-state index contributed by atoms with van der Waals surface area (Å²) in [6, 6.07) is 9.70. The summed E-state index contributed by atoms with van der Waals surface area (Å²) in [6.45, 7) is 2.50. The first-order chi connectivity index (χ1) is 12.6. The van der Waals surface area contributed by atoms with Gasteiger partial charge in [0, 0.05) is 25.4 Å². The number of nitrogens with one attached hydrogen (secondary N) is 2. The zero-order chi connectivity index (χ0) is 18.4. The van der Waals surface area contributed by atoms with Crippen LogP contribution in [0.15, 0.2) is 42.7 Å². The number of ether oxygens (including phenoxy) is 1. The number of aromatic nitrogens is 3. The lowest BCUT2D eigenvalue weighted by molar-refractivity contribution is 0.171. The van der Waals surface area contributed by atoms with Crippen LogP contribution >= 0.6 is 11.3 Å². The van der Waals surface area contributed by atoms with Crippen molar-refractivity contribution in [3.05, 3.63) is 53.3 Å². The summed E-state index contributed by atoms with van der Waals surface area (Å²) in [6.07, 6.45) is 3.77. The van der Waals surface area contributed by atoms with E-state index in [1.165, 1.54) is 7.11 Å². The molecular formula is C18H19N5O2S. The monoisotopic (exact) mass is 369 g/mol. The van der Waals surface area contributed by atoms with Gasteiger partial charge in [0.05, 0.1) is 22.7 Å². The Morgan fingerprint density at radius 2 is 2.12 bits per heavy atom. The van der Waals surface area contributed by atoms with Gasteiger partial charge >= 0.3 is 6.09 Å². The summed E-state index contributed by atoms with van der Waals surface area (Å²) < 4.78 is 4.54. The number of pyridine rings is 2. The third kappa shape index (κ3) is 4.76. The van der Waals surface area contributed by atoms with Gasteiger partial charge in [-0.1, -0.05) is 6.07 Å². The number of carbonyl (C=O) groups is 1. The number of carbonyl (C=O) groups excluding carboxylic acids is 1. The molecule has 3 rings (SSSR count). The highest BCUT2D eigenvalue weighted by Crippen LogP contribution is 2.26. The Kier molecular flexibility index (Phi) is 5.75. The topological polar surface area (TPSA) is 89.0 Å². The highest BCUT2D eigenvalue weighted by atomic mass is 32.1. The van der Waals surface area contributed by atoms with Crippen LogP contribution in [0.1, 0.15) is 10.6 Å². The van der Waals surface area contributed by atoms with Gasteiger partial charge in [-0.15, -0.1) is 11.3 Å². The molecule has 0 fully saturated rings. The summed E-state index contributed by atoms with van der Waals surface area (Å²) in [5.41, 5.74) is 1.97. The molecule has 0 unspecified atom stereocenters. The number of anilines is 2. The summed E-state index contributed by atoms with van der Waals surface area (Å²) >= 11 is 1.55. The maximum Gasteiger partial charge on any atom is 0.406 e. The van der Waals surface area contributed by atoms with Gasteiger partial charge in [-0.3, -0.25) is 0 Å². The molecule has 0 bridgehead atoms. The number of aryl methyl sites for hydroxylation is 1. The zero-order valence-electron chi connectivity index (χ0n) is 14.5. The first kappa shape index (κ1) is 17.8. The number of amides is 1. The minimum atomic E-state index is -0.438. The van der Waals surface area contributed by atoms with Gasteiger partial charge in [0.25, 0.3) is 0 Å². The lowest BCUT2D eigenvalue weighted by Crippen LogP contribution is -2.25. The molecule has 3 heterocycles. The summed E-state index contributed by atoms with van der Waals surface area (Å²) in [4.78, 5) is 25.4. The molecule has 1 amide bonds. The molecule has 134 valence electrons. The molecule has 8 heteroatoms. The second-order valence-corrected chi connectivity index (χ2v) is 6.65. The Morgan fingerprint density at radius 3 is 2.92 bits per heavy atom. The number of nitrogens with zero attached hydrogens (tertiary/aromatic N) is 3. The second-order valence-electron chi connectivity index (χ2n) is 5.54. The number of rotatable bonds is 6. The normalized spacial score (nSPS) is 10.4. The second kappa shape index (κ2) is 8.39. The smallest absolute Gasteiger partial charge is 0.406 e. The van der Waals surface area contributed by atoms with Crippen molar-refractivity contribution in [2.75, 3.05) is 19.0 Å². The summed E-state index contributed by atoms with van der Waals surface area (Å²) in [5, 5.41) is 6.79. The van der Waals surface area contributed by atoms with Gasteiger partial charge < -0.3 is 15.4 Å². The van der Waals surface area contributed by atoms with E-state index in [1.54, 1.807) is 23.7 Å². The zero-order valence-corrected chi connectivity index (χ0v) is 15.3. The molecule has 3 aromatic rings. The van der Waals surface area contributed by atoms with E-state index in [4.69, 9.17) is 0 Å². The van der Waals surface area contributed by atoms with Crippen molar-refractivity contribution < 1.29 is 9.53 Å². The van der Waals surface area contributed by atoms with Crippen LogP contribution in [0.25, 0.3) is 10.6 Å². The Hall–Kier alpha value is -3.00. The molecular weight excluding hydrogens is 350 g/mol. The highest BCUT2D eigenvalue weighted by molar-refractivity contribution is 7.15. The molecule has 7 nitrogen and oxygen atoms in total. The minimum Gasteiger partial charge on any atom is -0.453 e. The quantitative estimate of drug-likeness (QED) is 0.691. The van der Waals surface area contributed by atoms with Gasteiger partial charge in [-0.2, -0.15) is 0 Å². The van der Waals surface area contributed by atoms with E-state index in [9.17, 15) is 4.79 Å². The molecule has 0 aliphatic rings. The number of alkyl carbamates (subject to hydrolysis) is 1. The van der Waals surface area contributed by atoms with Crippen LogP contribution < -0.4 is 10.6 Å². The highest BCUT2D eigenvalue weighted by Gasteiger charge is 2.08. The predicted molar refractivity (Wildman–Crippen MR) is 102 cm³/mol. The van der Waals surface area contributed by atoms with Crippen molar-refractivity contribution in [1.82, 2.24) is 20.3 Å². The molecule has 0 aliphatic heterocycles. The fraction of sp³-hybridized carbons (Fsp3) is 0.222. The van der Waals surface area contributed by atoms with Crippen LogP contribution in [0.2, 0.25) is 0 Å². The van der Waals surface area contributed by atoms with Crippen LogP contribution in [-0.4, -0.2) is 34.7 Å². The van der Waals surface area contributed by atoms with Gasteiger partial charge in [-0.05, 0) is 36.8 Å². The van der Waals surface area contributed by atoms with Gasteiger partial charge in [0.15, 0.2) is 0 Å². The largest absolute Gasteiger partial charge is 0.453 e. The molecule has 26 heavy (non-hydrogen) atoms. The van der Waals surface area contributed by atoms with Gasteiger partial charge in [-0.25, -0.2) is 19.7 Å². The third-order valence-corrected chi connectivity index (χ3v) is 4.60. The van der Waals surface area contributed by atoms with Crippen LogP contribution in [0, 0.1) is 6.92 Å². The molecule has 3 aromatic heterocycles. The van der Waals surface area contributed by atoms with Crippen molar-refractivity contribution in [2.24, 2.45) is 0 Å². The minimum absolute atomic E-state index is 0.438. The molecule has 0 saturated heterocycles. The number of methoxy groups -OCH3 is 1. The Bertz CT molecular complexity index is 897. The maximum atomic E-state index is 11.1. The van der Waals surface area contributed by atoms with E-state index in [0.29, 0.717) is 13.0 Å². The Balaban J connectivity index is 1.67. The number of hydrogen-bond acceptors (Lipinski definition) is 7. The van der Waals surface area contributed by atoms with Crippen LogP contribution in [0.4, 0.5) is 16.4 Å². The molecule has 0 aliphatic carbocycles. The Morgan fingerprint density at radius 1 is 1.23 bits per heavy atom. The van der Waals surface area contributed by atoms with E-state index >= 15 is 0 Å². The van der Waals surface area contributed by atoms with E-state index in [-0.39, 0.29) is 0 Å². The molecule has 0 aromatic carbocycles. The summed E-state index contributed by atoms with van der Waals surface area (Å²) in [5.74, 6) is 1.48. The van der Waals surface area contributed by atoms with Crippen molar-refractivity contribution in [1.29, 1.82) is 0 Å². The fourth-order valence-corrected chi connectivity index (χ4v) is 3.15. The lowest BCUT2D eigenvalue weighted by atomic mass is 10.3. The van der Waals surface area contributed by atoms with E-state index in [1.807, 2.05) is 37.3 Å². The first-order valence-electron chi connectivity index (χ1n) is 8.07. The van der Waals surface area contributed by atoms with Crippen molar-refractivity contribution >= 4 is 29.1 Å². The van der Waals surface area contributed by atoms with Crippen molar-refractivity contribution in [3.8, 4) is 10.6 Å². The standard InChI is InChI=1S/C18H19N5O2S/c1-12-6-8-19-16(10-12)23-15-5-3-4-13(22-15)14-11-21-17(26-14)7-9-20-18(24)25-2/h3-6,8,10-11H,7,9H2,1-2H3,(H,20,24)(H,19,22,23). The SMILES string of the molecule is COC(=O)NCCc1ncc(-c2cccc(Nc3cc(C)ccn3)n2)s1. The number of thiazole rings is 1. The lowest BCUT2D eigenvalue weighted by Gasteiger charge is -2.06. The molecule has 2 N–H and O–H groups in total. The van der Waals surface area contributed by atoms with Crippen LogP contribution in [0.5, 0.6) is 0 Å². The van der Waals surface area contributed by atoms with E-state index in [2.05, 4.69) is 30.3 Å². The fourth-order valence-electron chi connectivity index (χ4n) is 2.27. The molecule has 0 atom stereocenters. The van der Waals surface area contributed by atoms with Crippen molar-refractivity contribution in [3.63, 3.8) is 0 Å². The first-order valence-corrected chi connectivity index (χ1v) is 8.89. The van der Waals surface area contributed by atoms with Crippen LogP contribution in [-0.2, 0) is 11.2 Å². The maximum absolute atomic E-state index is 11.1. The van der Waals surface area contributed by atoms with Crippen molar-refractivity contribution in [2.45, 2.75) is 13.3 Å². The summed E-state index contributed by atoms with van der Waals surface area (Å²) in [7, 11) is 1.34. The molecule has 0 spiro atoms. The molecule has 0 saturated carbocycles.